The number of benzene rings is 2. The Morgan fingerprint density at radius 3 is 2.40 bits per heavy atom. The largest absolute Gasteiger partial charge is 0.323 e. The summed E-state index contributed by atoms with van der Waals surface area (Å²) in [7, 11) is -3.78. The standard InChI is InChI=1S/C13H14FN3O2S/c14-11-6-2-1-5-10(11)9-16-20(18,19)13-8-4-3-7-12(13)17-15/h1-8,16-17H,9,15H2. The van der Waals surface area contributed by atoms with Crippen LogP contribution in [-0.2, 0) is 16.6 Å². The van der Waals surface area contributed by atoms with Crippen LogP contribution in [0.25, 0.3) is 0 Å². The molecule has 2 rings (SSSR count). The van der Waals surface area contributed by atoms with Gasteiger partial charge < -0.3 is 5.43 Å². The number of hydrogen-bond acceptors (Lipinski definition) is 4. The lowest BCUT2D eigenvalue weighted by Crippen LogP contribution is -2.25. The number of hydrogen-bond donors (Lipinski definition) is 3. The summed E-state index contributed by atoms with van der Waals surface area (Å²) in [6.07, 6.45) is 0. The number of rotatable bonds is 5. The normalized spacial score (nSPS) is 11.3. The van der Waals surface area contributed by atoms with Crippen LogP contribution in [-0.4, -0.2) is 8.42 Å². The number of sulfonamides is 1. The van der Waals surface area contributed by atoms with Gasteiger partial charge in [-0.2, -0.15) is 0 Å². The van der Waals surface area contributed by atoms with Crippen LogP contribution in [0, 0.1) is 5.82 Å². The summed E-state index contributed by atoms with van der Waals surface area (Å²) in [5.41, 5.74) is 2.86. The van der Waals surface area contributed by atoms with Crippen molar-refractivity contribution in [2.75, 3.05) is 5.43 Å². The number of nitrogens with two attached hydrogens (primary N) is 1. The molecule has 0 saturated heterocycles. The molecule has 0 saturated carbocycles. The predicted molar refractivity (Wildman–Crippen MR) is 74.7 cm³/mol. The molecule has 5 nitrogen and oxygen atoms in total. The van der Waals surface area contributed by atoms with Crippen molar-refractivity contribution in [2.45, 2.75) is 11.4 Å². The second-order valence-corrected chi connectivity index (χ2v) is 5.79. The molecule has 0 radical (unpaired) electrons. The Balaban J connectivity index is 2.22. The molecule has 0 fully saturated rings. The molecule has 20 heavy (non-hydrogen) atoms. The summed E-state index contributed by atoms with van der Waals surface area (Å²) in [5.74, 6) is 4.82. The van der Waals surface area contributed by atoms with Gasteiger partial charge in [-0.05, 0) is 18.2 Å². The quantitative estimate of drug-likeness (QED) is 0.578. The molecule has 0 bridgehead atoms. The van der Waals surface area contributed by atoms with Crippen molar-refractivity contribution < 1.29 is 12.8 Å². The van der Waals surface area contributed by atoms with Gasteiger partial charge in [0, 0.05) is 12.1 Å². The van der Waals surface area contributed by atoms with E-state index in [1.54, 1.807) is 24.3 Å². The molecule has 2 aromatic carbocycles. The maximum absolute atomic E-state index is 13.4. The summed E-state index contributed by atoms with van der Waals surface area (Å²) in [5, 5.41) is 0. The predicted octanol–water partition coefficient (Wildman–Crippen LogP) is 1.59. The maximum Gasteiger partial charge on any atom is 0.242 e. The van der Waals surface area contributed by atoms with Crippen LogP contribution in [0.3, 0.4) is 0 Å². The first-order chi connectivity index (χ1) is 9.54. The lowest BCUT2D eigenvalue weighted by atomic mass is 10.2. The molecule has 0 aliphatic heterocycles. The molecule has 0 atom stereocenters. The highest BCUT2D eigenvalue weighted by molar-refractivity contribution is 7.89. The van der Waals surface area contributed by atoms with Gasteiger partial charge in [-0.3, -0.25) is 5.84 Å². The van der Waals surface area contributed by atoms with E-state index < -0.39 is 15.8 Å². The van der Waals surface area contributed by atoms with Gasteiger partial charge in [0.25, 0.3) is 0 Å². The van der Waals surface area contributed by atoms with Crippen LogP contribution in [0.2, 0.25) is 0 Å². The molecule has 0 aliphatic carbocycles. The van der Waals surface area contributed by atoms with Crippen molar-refractivity contribution in [1.29, 1.82) is 0 Å². The van der Waals surface area contributed by atoms with Crippen LogP contribution in [0.5, 0.6) is 0 Å². The summed E-state index contributed by atoms with van der Waals surface area (Å²) in [6.45, 7) is -0.131. The minimum atomic E-state index is -3.78. The first-order valence-corrected chi connectivity index (χ1v) is 7.31. The average Bonchev–Trinajstić information content (AvgIpc) is 2.46. The average molecular weight is 295 g/mol. The molecule has 2 aromatic rings. The lowest BCUT2D eigenvalue weighted by molar-refractivity contribution is 0.574. The van der Waals surface area contributed by atoms with Crippen LogP contribution >= 0.6 is 0 Å². The Morgan fingerprint density at radius 1 is 1.05 bits per heavy atom. The molecule has 0 spiro atoms. The fraction of sp³-hybridized carbons (Fsp3) is 0.0769. The monoisotopic (exact) mass is 295 g/mol. The molecule has 0 heterocycles. The zero-order valence-electron chi connectivity index (χ0n) is 10.5. The number of nitrogen functional groups attached to an aromatic ring is 1. The van der Waals surface area contributed by atoms with Crippen molar-refractivity contribution in [1.82, 2.24) is 4.72 Å². The van der Waals surface area contributed by atoms with Gasteiger partial charge in [-0.1, -0.05) is 30.3 Å². The number of halogens is 1. The third-order valence-corrected chi connectivity index (χ3v) is 4.20. The van der Waals surface area contributed by atoms with E-state index in [-0.39, 0.29) is 22.7 Å². The summed E-state index contributed by atoms with van der Waals surface area (Å²) >= 11 is 0. The fourth-order valence-electron chi connectivity index (χ4n) is 1.71. The Hall–Kier alpha value is -1.96. The lowest BCUT2D eigenvalue weighted by Gasteiger charge is -2.11. The molecule has 0 aliphatic rings. The van der Waals surface area contributed by atoms with E-state index in [2.05, 4.69) is 10.1 Å². The number of nitrogens with one attached hydrogen (secondary N) is 2. The highest BCUT2D eigenvalue weighted by Crippen LogP contribution is 2.19. The zero-order valence-corrected chi connectivity index (χ0v) is 11.3. The third kappa shape index (κ3) is 3.13. The number of hydrazine groups is 1. The Morgan fingerprint density at radius 2 is 1.70 bits per heavy atom. The van der Waals surface area contributed by atoms with Gasteiger partial charge in [0.05, 0.1) is 5.69 Å². The molecule has 0 amide bonds. The maximum atomic E-state index is 13.4. The summed E-state index contributed by atoms with van der Waals surface area (Å²) < 4.78 is 40.1. The van der Waals surface area contributed by atoms with E-state index in [0.717, 1.165) is 0 Å². The SMILES string of the molecule is NNc1ccccc1S(=O)(=O)NCc1ccccc1F. The van der Waals surface area contributed by atoms with Gasteiger partial charge in [0.15, 0.2) is 0 Å². The second-order valence-electron chi connectivity index (χ2n) is 4.06. The summed E-state index contributed by atoms with van der Waals surface area (Å²) in [6, 6.07) is 12.2. The second kappa shape index (κ2) is 6.00. The van der Waals surface area contributed by atoms with Crippen molar-refractivity contribution in [3.05, 3.63) is 59.9 Å². The summed E-state index contributed by atoms with van der Waals surface area (Å²) in [4.78, 5) is 0.0128. The van der Waals surface area contributed by atoms with E-state index in [1.165, 1.54) is 24.3 Å². The van der Waals surface area contributed by atoms with Crippen molar-refractivity contribution in [2.24, 2.45) is 5.84 Å². The van der Waals surface area contributed by atoms with Gasteiger partial charge in [-0.15, -0.1) is 0 Å². The molecule has 7 heteroatoms. The van der Waals surface area contributed by atoms with Crippen molar-refractivity contribution in [3.8, 4) is 0 Å². The number of anilines is 1. The topological polar surface area (TPSA) is 84.2 Å². The Kier molecular flexibility index (Phi) is 4.33. The van der Waals surface area contributed by atoms with Crippen molar-refractivity contribution in [3.63, 3.8) is 0 Å². The minimum absolute atomic E-state index is 0.0128. The molecule has 0 aromatic heterocycles. The molecular weight excluding hydrogens is 281 g/mol. The van der Waals surface area contributed by atoms with E-state index in [9.17, 15) is 12.8 Å². The van der Waals surface area contributed by atoms with Gasteiger partial charge >= 0.3 is 0 Å². The Labute approximate surface area is 116 Å². The van der Waals surface area contributed by atoms with E-state index in [1.807, 2.05) is 0 Å². The highest BCUT2D eigenvalue weighted by atomic mass is 32.2. The molecule has 4 N–H and O–H groups in total. The molecule has 0 unspecified atom stereocenters. The van der Waals surface area contributed by atoms with Crippen LogP contribution in [0.4, 0.5) is 10.1 Å². The van der Waals surface area contributed by atoms with Gasteiger partial charge in [-0.25, -0.2) is 17.5 Å². The highest BCUT2D eigenvalue weighted by Gasteiger charge is 2.18. The van der Waals surface area contributed by atoms with Crippen LogP contribution in [0.1, 0.15) is 5.56 Å². The van der Waals surface area contributed by atoms with Crippen LogP contribution < -0.4 is 16.0 Å². The first kappa shape index (κ1) is 14.4. The van der Waals surface area contributed by atoms with Crippen molar-refractivity contribution >= 4 is 15.7 Å². The molecular formula is C13H14FN3O2S. The van der Waals surface area contributed by atoms with Gasteiger partial charge in [0.2, 0.25) is 10.0 Å². The zero-order chi connectivity index (χ0) is 14.6. The fourth-order valence-corrected chi connectivity index (χ4v) is 2.89. The van der Waals surface area contributed by atoms with Crippen LogP contribution in [0.15, 0.2) is 53.4 Å². The first-order valence-electron chi connectivity index (χ1n) is 5.83. The van der Waals surface area contributed by atoms with E-state index >= 15 is 0 Å². The van der Waals surface area contributed by atoms with E-state index in [4.69, 9.17) is 5.84 Å². The van der Waals surface area contributed by atoms with E-state index in [0.29, 0.717) is 0 Å². The third-order valence-electron chi connectivity index (χ3n) is 2.74. The number of para-hydroxylation sites is 1. The minimum Gasteiger partial charge on any atom is -0.323 e. The smallest absolute Gasteiger partial charge is 0.242 e. The van der Waals surface area contributed by atoms with Gasteiger partial charge in [0.1, 0.15) is 10.7 Å². The Bertz CT molecular complexity index is 704. The molecule has 106 valence electrons.